The summed E-state index contributed by atoms with van der Waals surface area (Å²) in [7, 11) is -3.16. The average molecular weight is 365 g/mol. The molecular formula is C20H16NO4P. The molecule has 3 rings (SSSR count). The van der Waals surface area contributed by atoms with Gasteiger partial charge in [-0.3, -0.25) is 14.9 Å². The van der Waals surface area contributed by atoms with Crippen LogP contribution in [0.15, 0.2) is 84.9 Å². The van der Waals surface area contributed by atoms with Gasteiger partial charge in [0.25, 0.3) is 5.69 Å². The van der Waals surface area contributed by atoms with Crippen LogP contribution in [0.25, 0.3) is 0 Å². The van der Waals surface area contributed by atoms with Crippen LogP contribution in [0.2, 0.25) is 0 Å². The molecule has 0 spiro atoms. The molecule has 0 bridgehead atoms. The number of hydrogen-bond acceptors (Lipinski definition) is 4. The van der Waals surface area contributed by atoms with E-state index in [9.17, 15) is 19.5 Å². The molecule has 0 unspecified atom stereocenters. The summed E-state index contributed by atoms with van der Waals surface area (Å²) in [4.78, 5) is 23.0. The van der Waals surface area contributed by atoms with Crippen LogP contribution in [0.5, 0.6) is 0 Å². The molecule has 0 aliphatic carbocycles. The van der Waals surface area contributed by atoms with Crippen LogP contribution in [0.4, 0.5) is 5.69 Å². The summed E-state index contributed by atoms with van der Waals surface area (Å²) >= 11 is 0. The Kier molecular flexibility index (Phi) is 5.10. The molecule has 0 fully saturated rings. The van der Waals surface area contributed by atoms with Crippen LogP contribution in [0.3, 0.4) is 0 Å². The zero-order valence-electron chi connectivity index (χ0n) is 13.8. The lowest BCUT2D eigenvalue weighted by atomic mass is 10.1. The van der Waals surface area contributed by atoms with Crippen molar-refractivity contribution in [2.24, 2.45) is 0 Å². The van der Waals surface area contributed by atoms with Gasteiger partial charge >= 0.3 is 0 Å². The van der Waals surface area contributed by atoms with Crippen molar-refractivity contribution in [1.29, 1.82) is 0 Å². The van der Waals surface area contributed by atoms with Crippen LogP contribution < -0.4 is 10.6 Å². The van der Waals surface area contributed by atoms with E-state index in [1.807, 2.05) is 12.1 Å². The molecule has 0 aromatic heterocycles. The SMILES string of the molecule is O=C(CP(=O)(c1ccccc1)c1ccccc1)c1ccc([N+](=O)[O-])cc1. The van der Waals surface area contributed by atoms with Gasteiger partial charge in [-0.15, -0.1) is 0 Å². The summed E-state index contributed by atoms with van der Waals surface area (Å²) in [6, 6.07) is 23.2. The van der Waals surface area contributed by atoms with Crippen molar-refractivity contribution in [3.05, 3.63) is 101 Å². The molecule has 26 heavy (non-hydrogen) atoms. The fourth-order valence-electron chi connectivity index (χ4n) is 2.73. The van der Waals surface area contributed by atoms with E-state index < -0.39 is 12.1 Å². The van der Waals surface area contributed by atoms with Gasteiger partial charge in [0, 0.05) is 28.3 Å². The second-order valence-corrected chi connectivity index (χ2v) is 8.62. The monoisotopic (exact) mass is 365 g/mol. The molecule has 0 aliphatic heterocycles. The molecular weight excluding hydrogens is 349 g/mol. The molecule has 0 aliphatic rings. The Hall–Kier alpha value is -3.04. The second kappa shape index (κ2) is 7.46. The van der Waals surface area contributed by atoms with Crippen LogP contribution in [-0.2, 0) is 4.57 Å². The third-order valence-corrected chi connectivity index (χ3v) is 7.11. The highest BCUT2D eigenvalue weighted by Crippen LogP contribution is 2.43. The highest BCUT2D eigenvalue weighted by Gasteiger charge is 2.30. The molecule has 0 saturated carbocycles. The maximum atomic E-state index is 13.8. The van der Waals surface area contributed by atoms with Crippen molar-refractivity contribution in [2.45, 2.75) is 0 Å². The largest absolute Gasteiger partial charge is 0.313 e. The number of carbonyl (C=O) groups excluding carboxylic acids is 1. The third kappa shape index (κ3) is 3.63. The summed E-state index contributed by atoms with van der Waals surface area (Å²) in [6.45, 7) is 0. The minimum Gasteiger partial charge on any atom is -0.313 e. The van der Waals surface area contributed by atoms with E-state index in [-0.39, 0.29) is 17.6 Å². The van der Waals surface area contributed by atoms with E-state index in [4.69, 9.17) is 0 Å². The van der Waals surface area contributed by atoms with Gasteiger partial charge in [0.1, 0.15) is 0 Å². The first-order chi connectivity index (χ1) is 12.5. The normalized spacial score (nSPS) is 11.1. The lowest BCUT2D eigenvalue weighted by molar-refractivity contribution is -0.384. The number of nitro benzene ring substituents is 1. The van der Waals surface area contributed by atoms with Gasteiger partial charge in [-0.25, -0.2) is 0 Å². The van der Waals surface area contributed by atoms with Crippen molar-refractivity contribution in [3.63, 3.8) is 0 Å². The van der Waals surface area contributed by atoms with E-state index in [0.717, 1.165) is 0 Å². The molecule has 3 aromatic carbocycles. The minimum atomic E-state index is -3.16. The van der Waals surface area contributed by atoms with Crippen molar-refractivity contribution in [1.82, 2.24) is 0 Å². The molecule has 5 nitrogen and oxygen atoms in total. The summed E-state index contributed by atoms with van der Waals surface area (Å²) in [5.74, 6) is -0.309. The Morgan fingerprint density at radius 1 is 0.808 bits per heavy atom. The summed E-state index contributed by atoms with van der Waals surface area (Å²) in [6.07, 6.45) is -0.168. The zero-order chi connectivity index (χ0) is 18.6. The Morgan fingerprint density at radius 2 is 1.27 bits per heavy atom. The fraction of sp³-hybridized carbons (Fsp3) is 0.0500. The number of carbonyl (C=O) groups is 1. The Bertz CT molecular complexity index is 926. The van der Waals surface area contributed by atoms with Gasteiger partial charge < -0.3 is 4.57 Å². The van der Waals surface area contributed by atoms with Gasteiger partial charge in [-0.2, -0.15) is 0 Å². The summed E-state index contributed by atoms with van der Waals surface area (Å²) in [5.41, 5.74) is 0.221. The predicted octanol–water partition coefficient (Wildman–Crippen LogP) is 3.79. The third-order valence-electron chi connectivity index (χ3n) is 4.11. The van der Waals surface area contributed by atoms with Gasteiger partial charge in [0.05, 0.1) is 11.1 Å². The average Bonchev–Trinajstić information content (AvgIpc) is 2.69. The van der Waals surface area contributed by atoms with E-state index >= 15 is 0 Å². The van der Waals surface area contributed by atoms with Crippen LogP contribution in [0, 0.1) is 10.1 Å². The lowest BCUT2D eigenvalue weighted by Crippen LogP contribution is -2.22. The smallest absolute Gasteiger partial charge is 0.269 e. The Balaban J connectivity index is 1.97. The number of ketones is 1. The van der Waals surface area contributed by atoms with Crippen LogP contribution >= 0.6 is 7.14 Å². The number of nitro groups is 1. The first-order valence-corrected chi connectivity index (χ1v) is 9.88. The number of nitrogens with zero attached hydrogens (tertiary/aromatic N) is 1. The highest BCUT2D eigenvalue weighted by molar-refractivity contribution is 7.79. The molecule has 0 saturated heterocycles. The van der Waals surface area contributed by atoms with E-state index in [2.05, 4.69) is 0 Å². The second-order valence-electron chi connectivity index (χ2n) is 5.80. The lowest BCUT2D eigenvalue weighted by Gasteiger charge is -2.18. The van der Waals surface area contributed by atoms with Crippen molar-refractivity contribution < 1.29 is 14.3 Å². The Labute approximate surface area is 150 Å². The van der Waals surface area contributed by atoms with Gasteiger partial charge in [0.15, 0.2) is 12.9 Å². The topological polar surface area (TPSA) is 77.3 Å². The Morgan fingerprint density at radius 3 is 1.69 bits per heavy atom. The van der Waals surface area contributed by atoms with Crippen molar-refractivity contribution in [2.75, 3.05) is 6.16 Å². The molecule has 0 radical (unpaired) electrons. The maximum absolute atomic E-state index is 13.8. The first-order valence-electron chi connectivity index (χ1n) is 7.99. The molecule has 0 N–H and O–H groups in total. The predicted molar refractivity (Wildman–Crippen MR) is 102 cm³/mol. The van der Waals surface area contributed by atoms with Gasteiger partial charge in [0.2, 0.25) is 0 Å². The zero-order valence-corrected chi connectivity index (χ0v) is 14.7. The maximum Gasteiger partial charge on any atom is 0.269 e. The van der Waals surface area contributed by atoms with Gasteiger partial charge in [-0.05, 0) is 12.1 Å². The first kappa shape index (κ1) is 17.8. The molecule has 6 heteroatoms. The van der Waals surface area contributed by atoms with Crippen LogP contribution in [0.1, 0.15) is 10.4 Å². The quantitative estimate of drug-likeness (QED) is 0.288. The molecule has 0 atom stereocenters. The van der Waals surface area contributed by atoms with E-state index in [0.29, 0.717) is 16.2 Å². The molecule has 130 valence electrons. The van der Waals surface area contributed by atoms with Crippen molar-refractivity contribution >= 4 is 29.2 Å². The summed E-state index contributed by atoms with van der Waals surface area (Å²) < 4.78 is 13.8. The molecule has 0 heterocycles. The summed E-state index contributed by atoms with van der Waals surface area (Å²) in [5, 5.41) is 12.0. The number of benzene rings is 3. The van der Waals surface area contributed by atoms with E-state index in [1.165, 1.54) is 24.3 Å². The number of hydrogen-bond donors (Lipinski definition) is 0. The van der Waals surface area contributed by atoms with Crippen molar-refractivity contribution in [3.8, 4) is 0 Å². The molecule has 3 aromatic rings. The number of non-ortho nitro benzene ring substituents is 1. The van der Waals surface area contributed by atoms with E-state index in [1.54, 1.807) is 48.5 Å². The highest BCUT2D eigenvalue weighted by atomic mass is 31.2. The standard InChI is InChI=1S/C20H16NO4P/c22-20(16-11-13-17(14-12-16)21(23)24)15-26(25,18-7-3-1-4-8-18)19-9-5-2-6-10-19/h1-14H,15H2. The number of rotatable bonds is 6. The number of Topliss-reactive ketones (excluding diaryl/α,β-unsaturated/α-hetero) is 1. The fourth-order valence-corrected chi connectivity index (χ4v) is 5.29. The minimum absolute atomic E-state index is 0.0872. The molecule has 0 amide bonds. The van der Waals surface area contributed by atoms with Gasteiger partial charge in [-0.1, -0.05) is 60.7 Å². The van der Waals surface area contributed by atoms with Crippen LogP contribution in [-0.4, -0.2) is 16.9 Å².